The maximum atomic E-state index is 8.71. The van der Waals surface area contributed by atoms with E-state index in [9.17, 15) is 0 Å². The van der Waals surface area contributed by atoms with Crippen molar-refractivity contribution >= 4 is 0 Å². The third kappa shape index (κ3) is 5.05. The number of likely N-dealkylation sites (N-methyl/N-ethyl adjacent to an activating group) is 1. The number of aliphatic hydroxyl groups excluding tert-OH is 1. The molecule has 1 fully saturated rings. The van der Waals surface area contributed by atoms with E-state index in [4.69, 9.17) is 9.84 Å². The van der Waals surface area contributed by atoms with Crippen LogP contribution in [0.5, 0.6) is 5.75 Å². The molecule has 0 saturated carbocycles. The van der Waals surface area contributed by atoms with Crippen molar-refractivity contribution in [3.8, 4) is 17.6 Å². The van der Waals surface area contributed by atoms with Gasteiger partial charge in [0.2, 0.25) is 0 Å². The molecule has 1 aromatic rings. The Hall–Kier alpha value is -1.54. The van der Waals surface area contributed by atoms with E-state index in [2.05, 4.69) is 35.6 Å². The van der Waals surface area contributed by atoms with Gasteiger partial charge in [0, 0.05) is 37.8 Å². The second kappa shape index (κ2) is 8.04. The van der Waals surface area contributed by atoms with Crippen LogP contribution in [-0.4, -0.2) is 67.4 Å². The highest BCUT2D eigenvalue weighted by Gasteiger charge is 2.20. The SMILES string of the molecule is CC1CN(C)CCN1CCOc1cccc(C#CCO)c1. The van der Waals surface area contributed by atoms with Gasteiger partial charge in [-0.15, -0.1) is 0 Å². The first-order chi connectivity index (χ1) is 10.2. The molecular weight excluding hydrogens is 264 g/mol. The van der Waals surface area contributed by atoms with Crippen molar-refractivity contribution in [2.45, 2.75) is 13.0 Å². The summed E-state index contributed by atoms with van der Waals surface area (Å²) in [5.41, 5.74) is 0.870. The van der Waals surface area contributed by atoms with Crippen LogP contribution in [0.3, 0.4) is 0 Å². The van der Waals surface area contributed by atoms with Crippen molar-refractivity contribution < 1.29 is 9.84 Å². The predicted molar refractivity (Wildman–Crippen MR) is 84.4 cm³/mol. The molecule has 1 unspecified atom stereocenters. The van der Waals surface area contributed by atoms with E-state index in [1.807, 2.05) is 24.3 Å². The highest BCUT2D eigenvalue weighted by molar-refractivity contribution is 5.39. The number of piperazine rings is 1. The van der Waals surface area contributed by atoms with E-state index >= 15 is 0 Å². The lowest BCUT2D eigenvalue weighted by atomic mass is 10.2. The van der Waals surface area contributed by atoms with Gasteiger partial charge in [0.25, 0.3) is 0 Å². The number of rotatable bonds is 4. The van der Waals surface area contributed by atoms with Crippen LogP contribution in [0.2, 0.25) is 0 Å². The number of hydrogen-bond acceptors (Lipinski definition) is 4. The van der Waals surface area contributed by atoms with Crippen LogP contribution in [0.25, 0.3) is 0 Å². The van der Waals surface area contributed by atoms with Crippen LogP contribution in [0.1, 0.15) is 12.5 Å². The Labute approximate surface area is 127 Å². The molecule has 0 aromatic heterocycles. The van der Waals surface area contributed by atoms with E-state index < -0.39 is 0 Å². The molecule has 0 spiro atoms. The van der Waals surface area contributed by atoms with E-state index in [0.717, 1.165) is 37.5 Å². The summed E-state index contributed by atoms with van der Waals surface area (Å²) in [6.07, 6.45) is 0. The van der Waals surface area contributed by atoms with Crippen molar-refractivity contribution in [3.63, 3.8) is 0 Å². The van der Waals surface area contributed by atoms with Gasteiger partial charge in [0.15, 0.2) is 0 Å². The van der Waals surface area contributed by atoms with Crippen molar-refractivity contribution in [3.05, 3.63) is 29.8 Å². The molecule has 4 heteroatoms. The third-order valence-corrected chi connectivity index (χ3v) is 3.76. The molecule has 2 rings (SSSR count). The smallest absolute Gasteiger partial charge is 0.120 e. The summed E-state index contributed by atoms with van der Waals surface area (Å²) in [5.74, 6) is 6.37. The Balaban J connectivity index is 1.80. The lowest BCUT2D eigenvalue weighted by molar-refractivity contribution is 0.0858. The first-order valence-corrected chi connectivity index (χ1v) is 7.44. The Kier molecular flexibility index (Phi) is 6.06. The molecule has 1 aliphatic heterocycles. The molecule has 1 N–H and O–H groups in total. The summed E-state index contributed by atoms with van der Waals surface area (Å²) >= 11 is 0. The molecule has 0 amide bonds. The fraction of sp³-hybridized carbons (Fsp3) is 0.529. The molecule has 114 valence electrons. The summed E-state index contributed by atoms with van der Waals surface area (Å²) in [7, 11) is 2.17. The zero-order valence-corrected chi connectivity index (χ0v) is 12.9. The minimum absolute atomic E-state index is 0.119. The minimum atomic E-state index is -0.119. The monoisotopic (exact) mass is 288 g/mol. The van der Waals surface area contributed by atoms with Crippen LogP contribution in [-0.2, 0) is 0 Å². The average Bonchev–Trinajstić information content (AvgIpc) is 2.48. The highest BCUT2D eigenvalue weighted by Crippen LogP contribution is 2.13. The summed E-state index contributed by atoms with van der Waals surface area (Å²) in [4.78, 5) is 4.83. The van der Waals surface area contributed by atoms with Gasteiger partial charge in [0.1, 0.15) is 19.0 Å². The van der Waals surface area contributed by atoms with Gasteiger partial charge >= 0.3 is 0 Å². The molecule has 0 radical (unpaired) electrons. The number of nitrogens with zero attached hydrogens (tertiary/aromatic N) is 2. The van der Waals surface area contributed by atoms with Gasteiger partial charge in [-0.2, -0.15) is 0 Å². The van der Waals surface area contributed by atoms with Crippen LogP contribution < -0.4 is 4.74 Å². The summed E-state index contributed by atoms with van der Waals surface area (Å²) < 4.78 is 5.82. The van der Waals surface area contributed by atoms with Gasteiger partial charge in [-0.1, -0.05) is 17.9 Å². The summed E-state index contributed by atoms with van der Waals surface area (Å²) in [6.45, 7) is 7.12. The van der Waals surface area contributed by atoms with Crippen molar-refractivity contribution in [1.82, 2.24) is 9.80 Å². The molecule has 1 saturated heterocycles. The van der Waals surface area contributed by atoms with Crippen molar-refractivity contribution in [1.29, 1.82) is 0 Å². The van der Waals surface area contributed by atoms with Gasteiger partial charge < -0.3 is 14.7 Å². The molecular formula is C17H24N2O2. The molecule has 4 nitrogen and oxygen atoms in total. The standard InChI is InChI=1S/C17H24N2O2/c1-15-14-18(2)8-9-19(15)10-12-21-17-7-3-5-16(13-17)6-4-11-20/h3,5,7,13,15,20H,8-12,14H2,1-2H3. The van der Waals surface area contributed by atoms with Gasteiger partial charge in [0.05, 0.1) is 0 Å². The second-order valence-corrected chi connectivity index (χ2v) is 5.48. The molecule has 1 aromatic carbocycles. The molecule has 1 aliphatic rings. The second-order valence-electron chi connectivity index (χ2n) is 5.48. The molecule has 21 heavy (non-hydrogen) atoms. The van der Waals surface area contributed by atoms with Crippen LogP contribution in [0, 0.1) is 11.8 Å². The Morgan fingerprint density at radius 3 is 3.00 bits per heavy atom. The fourth-order valence-electron chi connectivity index (χ4n) is 2.60. The Morgan fingerprint density at radius 2 is 2.24 bits per heavy atom. The van der Waals surface area contributed by atoms with Crippen molar-refractivity contribution in [2.24, 2.45) is 0 Å². The summed E-state index contributed by atoms with van der Waals surface area (Å²) in [5, 5.41) is 8.71. The van der Waals surface area contributed by atoms with E-state index in [0.29, 0.717) is 12.6 Å². The number of hydrogen-bond donors (Lipinski definition) is 1. The Morgan fingerprint density at radius 1 is 1.38 bits per heavy atom. The maximum absolute atomic E-state index is 8.71. The molecule has 1 heterocycles. The number of aliphatic hydroxyl groups is 1. The van der Waals surface area contributed by atoms with Gasteiger partial charge in [-0.25, -0.2) is 0 Å². The van der Waals surface area contributed by atoms with E-state index in [-0.39, 0.29) is 6.61 Å². The molecule has 1 atom stereocenters. The first kappa shape index (κ1) is 15.8. The van der Waals surface area contributed by atoms with Crippen molar-refractivity contribution in [2.75, 3.05) is 46.4 Å². The highest BCUT2D eigenvalue weighted by atomic mass is 16.5. The zero-order chi connectivity index (χ0) is 15.1. The average molecular weight is 288 g/mol. The minimum Gasteiger partial charge on any atom is -0.492 e. The van der Waals surface area contributed by atoms with E-state index in [1.165, 1.54) is 0 Å². The van der Waals surface area contributed by atoms with Crippen LogP contribution >= 0.6 is 0 Å². The largest absolute Gasteiger partial charge is 0.492 e. The zero-order valence-electron chi connectivity index (χ0n) is 12.9. The lowest BCUT2D eigenvalue weighted by Crippen LogP contribution is -2.51. The normalized spacial score (nSPS) is 19.9. The molecule has 0 aliphatic carbocycles. The maximum Gasteiger partial charge on any atom is 0.120 e. The number of ether oxygens (including phenoxy) is 1. The van der Waals surface area contributed by atoms with Gasteiger partial charge in [-0.05, 0) is 32.2 Å². The molecule has 0 bridgehead atoms. The van der Waals surface area contributed by atoms with Crippen LogP contribution in [0.4, 0.5) is 0 Å². The topological polar surface area (TPSA) is 35.9 Å². The predicted octanol–water partition coefficient (Wildman–Crippen LogP) is 1.05. The lowest BCUT2D eigenvalue weighted by Gasteiger charge is -2.38. The number of benzene rings is 1. The third-order valence-electron chi connectivity index (χ3n) is 3.76. The Bertz CT molecular complexity index is 507. The van der Waals surface area contributed by atoms with Gasteiger partial charge in [-0.3, -0.25) is 4.90 Å². The quantitative estimate of drug-likeness (QED) is 0.840. The first-order valence-electron chi connectivity index (χ1n) is 7.44. The van der Waals surface area contributed by atoms with E-state index in [1.54, 1.807) is 0 Å². The van der Waals surface area contributed by atoms with Crippen LogP contribution in [0.15, 0.2) is 24.3 Å². The fourth-order valence-corrected chi connectivity index (χ4v) is 2.60. The summed E-state index contributed by atoms with van der Waals surface area (Å²) in [6, 6.07) is 8.27.